The fraction of sp³-hybridized carbons (Fsp3) is 0.571. The van der Waals surface area contributed by atoms with Crippen LogP contribution in [0, 0.1) is 5.92 Å². The maximum Gasteiger partial charge on any atom is 0.183 e. The summed E-state index contributed by atoms with van der Waals surface area (Å²) >= 11 is 0. The molecule has 0 amide bonds. The van der Waals surface area contributed by atoms with Crippen LogP contribution in [0.5, 0.6) is 5.75 Å². The summed E-state index contributed by atoms with van der Waals surface area (Å²) in [5.74, 6) is 1.07. The highest BCUT2D eigenvalue weighted by Crippen LogP contribution is 2.34. The number of hydrogen-bond donors (Lipinski definition) is 1. The lowest BCUT2D eigenvalue weighted by molar-refractivity contribution is 0.402. The van der Waals surface area contributed by atoms with Gasteiger partial charge in [-0.1, -0.05) is 19.1 Å². The van der Waals surface area contributed by atoms with E-state index < -0.39 is 9.84 Å². The van der Waals surface area contributed by atoms with Crippen LogP contribution in [-0.4, -0.2) is 33.9 Å². The fourth-order valence-corrected chi connectivity index (χ4v) is 4.11. The summed E-state index contributed by atoms with van der Waals surface area (Å²) in [6.07, 6.45) is 2.25. The average molecular weight is 283 g/mol. The van der Waals surface area contributed by atoms with Crippen molar-refractivity contribution in [3.05, 3.63) is 24.3 Å². The Balaban J connectivity index is 2.21. The first kappa shape index (κ1) is 14.3. The molecule has 0 radical (unpaired) electrons. The Morgan fingerprint density at radius 2 is 2.05 bits per heavy atom. The van der Waals surface area contributed by atoms with E-state index in [4.69, 9.17) is 4.74 Å². The maximum atomic E-state index is 12.5. The van der Waals surface area contributed by atoms with Gasteiger partial charge in [-0.2, -0.15) is 0 Å². The van der Waals surface area contributed by atoms with E-state index in [0.717, 1.165) is 19.4 Å². The van der Waals surface area contributed by atoms with Crippen molar-refractivity contribution in [2.45, 2.75) is 30.7 Å². The first-order valence-electron chi connectivity index (χ1n) is 6.67. The highest BCUT2D eigenvalue weighted by molar-refractivity contribution is 7.91. The highest BCUT2D eigenvalue weighted by atomic mass is 32.2. The number of rotatable bonds is 7. The number of nitrogens with one attached hydrogen (secondary N) is 1. The van der Waals surface area contributed by atoms with Crippen LogP contribution in [-0.2, 0) is 9.84 Å². The molecular formula is C14H21NO3S. The van der Waals surface area contributed by atoms with Gasteiger partial charge in [-0.3, -0.25) is 0 Å². The average Bonchev–Trinajstić information content (AvgIpc) is 3.22. The van der Waals surface area contributed by atoms with Crippen molar-refractivity contribution < 1.29 is 13.2 Å². The summed E-state index contributed by atoms with van der Waals surface area (Å²) in [7, 11) is -1.82. The van der Waals surface area contributed by atoms with Crippen LogP contribution in [0.1, 0.15) is 19.8 Å². The molecule has 0 spiro atoms. The molecule has 0 bridgehead atoms. The predicted octanol–water partition coefficient (Wildman–Crippen LogP) is 1.86. The van der Waals surface area contributed by atoms with Gasteiger partial charge < -0.3 is 10.1 Å². The van der Waals surface area contributed by atoms with Gasteiger partial charge in [-0.25, -0.2) is 8.42 Å². The maximum absolute atomic E-state index is 12.5. The van der Waals surface area contributed by atoms with Crippen molar-refractivity contribution in [3.63, 3.8) is 0 Å². The highest BCUT2D eigenvalue weighted by Gasteiger charge is 2.35. The van der Waals surface area contributed by atoms with Crippen molar-refractivity contribution in [2.75, 3.05) is 19.4 Å². The molecule has 0 saturated heterocycles. The van der Waals surface area contributed by atoms with E-state index in [1.807, 2.05) is 6.92 Å². The third-order valence-corrected chi connectivity index (χ3v) is 5.27. The Labute approximate surface area is 115 Å². The van der Waals surface area contributed by atoms with Crippen LogP contribution >= 0.6 is 0 Å². The standard InChI is InChI=1S/C14H21NO3S/c1-3-15-12(11-8-9-11)10-19(16,17)14-7-5-4-6-13(14)18-2/h4-7,11-12,15H,3,8-10H2,1-2H3. The Hall–Kier alpha value is -1.07. The van der Waals surface area contributed by atoms with Crippen LogP contribution < -0.4 is 10.1 Å². The van der Waals surface area contributed by atoms with Gasteiger partial charge in [0.2, 0.25) is 0 Å². The molecule has 0 heterocycles. The van der Waals surface area contributed by atoms with E-state index in [9.17, 15) is 8.42 Å². The predicted molar refractivity (Wildman–Crippen MR) is 75.2 cm³/mol. The molecule has 0 aromatic heterocycles. The molecule has 1 unspecified atom stereocenters. The van der Waals surface area contributed by atoms with Gasteiger partial charge in [0.15, 0.2) is 9.84 Å². The van der Waals surface area contributed by atoms with Crippen LogP contribution in [0.15, 0.2) is 29.2 Å². The molecule has 1 aliphatic rings. The molecule has 0 aliphatic heterocycles. The van der Waals surface area contributed by atoms with Gasteiger partial charge in [-0.05, 0) is 37.4 Å². The van der Waals surface area contributed by atoms with Gasteiger partial charge in [0.25, 0.3) is 0 Å². The van der Waals surface area contributed by atoms with Crippen LogP contribution in [0.25, 0.3) is 0 Å². The minimum atomic E-state index is -3.32. The van der Waals surface area contributed by atoms with Gasteiger partial charge >= 0.3 is 0 Å². The monoisotopic (exact) mass is 283 g/mol. The van der Waals surface area contributed by atoms with Gasteiger partial charge in [0, 0.05) is 6.04 Å². The summed E-state index contributed by atoms with van der Waals surface area (Å²) in [6.45, 7) is 2.80. The largest absolute Gasteiger partial charge is 0.495 e. The number of ether oxygens (including phenoxy) is 1. The smallest absolute Gasteiger partial charge is 0.183 e. The molecule has 19 heavy (non-hydrogen) atoms. The lowest BCUT2D eigenvalue weighted by atomic mass is 10.2. The third kappa shape index (κ3) is 3.48. The van der Waals surface area contributed by atoms with E-state index in [1.165, 1.54) is 7.11 Å². The Bertz CT molecular complexity index is 523. The second kappa shape index (κ2) is 5.92. The van der Waals surface area contributed by atoms with E-state index in [2.05, 4.69) is 5.32 Å². The zero-order valence-electron chi connectivity index (χ0n) is 11.4. The third-order valence-electron chi connectivity index (χ3n) is 3.46. The van der Waals surface area contributed by atoms with E-state index in [1.54, 1.807) is 24.3 Å². The first-order valence-corrected chi connectivity index (χ1v) is 8.33. The number of benzene rings is 1. The van der Waals surface area contributed by atoms with Gasteiger partial charge in [-0.15, -0.1) is 0 Å². The summed E-state index contributed by atoms with van der Waals surface area (Å²) < 4.78 is 30.2. The Morgan fingerprint density at radius 3 is 2.63 bits per heavy atom. The lowest BCUT2D eigenvalue weighted by Gasteiger charge is -2.18. The minimum Gasteiger partial charge on any atom is -0.495 e. The topological polar surface area (TPSA) is 55.4 Å². The quantitative estimate of drug-likeness (QED) is 0.830. The zero-order chi connectivity index (χ0) is 13.9. The number of methoxy groups -OCH3 is 1. The summed E-state index contributed by atoms with van der Waals surface area (Å²) in [5.41, 5.74) is 0. The van der Waals surface area contributed by atoms with Crippen LogP contribution in [0.2, 0.25) is 0 Å². The van der Waals surface area contributed by atoms with Crippen molar-refractivity contribution in [1.82, 2.24) is 5.32 Å². The molecule has 106 valence electrons. The molecule has 1 saturated carbocycles. The number of sulfone groups is 1. The molecule has 4 nitrogen and oxygen atoms in total. The lowest BCUT2D eigenvalue weighted by Crippen LogP contribution is -2.37. The fourth-order valence-electron chi connectivity index (χ4n) is 2.32. The van der Waals surface area contributed by atoms with Crippen LogP contribution in [0.3, 0.4) is 0 Å². The molecular weight excluding hydrogens is 262 g/mol. The molecule has 1 aromatic carbocycles. The number of hydrogen-bond acceptors (Lipinski definition) is 4. The molecule has 1 aliphatic carbocycles. The summed E-state index contributed by atoms with van der Waals surface area (Å²) in [4.78, 5) is 0.293. The van der Waals surface area contributed by atoms with Gasteiger partial charge in [0.1, 0.15) is 10.6 Å². The molecule has 2 rings (SSSR count). The van der Waals surface area contributed by atoms with Crippen molar-refractivity contribution in [1.29, 1.82) is 0 Å². The summed E-state index contributed by atoms with van der Waals surface area (Å²) in [5, 5.41) is 3.29. The number of para-hydroxylation sites is 1. The normalized spacial score (nSPS) is 17.2. The Kier molecular flexibility index (Phi) is 4.47. The van der Waals surface area contributed by atoms with Crippen molar-refractivity contribution >= 4 is 9.84 Å². The van der Waals surface area contributed by atoms with E-state index in [-0.39, 0.29) is 11.8 Å². The van der Waals surface area contributed by atoms with Crippen molar-refractivity contribution in [2.24, 2.45) is 5.92 Å². The zero-order valence-corrected chi connectivity index (χ0v) is 12.2. The van der Waals surface area contributed by atoms with E-state index >= 15 is 0 Å². The first-order chi connectivity index (χ1) is 9.08. The molecule has 5 heteroatoms. The Morgan fingerprint density at radius 1 is 1.37 bits per heavy atom. The molecule has 1 atom stereocenters. The molecule has 1 N–H and O–H groups in total. The molecule has 1 fully saturated rings. The SMILES string of the molecule is CCNC(CS(=O)(=O)c1ccccc1OC)C1CC1. The van der Waals surface area contributed by atoms with Crippen LogP contribution in [0.4, 0.5) is 0 Å². The second-order valence-electron chi connectivity index (χ2n) is 4.93. The second-order valence-corrected chi connectivity index (χ2v) is 6.94. The van der Waals surface area contributed by atoms with Crippen molar-refractivity contribution in [3.8, 4) is 5.75 Å². The van der Waals surface area contributed by atoms with E-state index in [0.29, 0.717) is 16.6 Å². The van der Waals surface area contributed by atoms with Gasteiger partial charge in [0.05, 0.1) is 12.9 Å². The molecule has 1 aromatic rings. The summed E-state index contributed by atoms with van der Waals surface area (Å²) in [6, 6.07) is 6.87. The minimum absolute atomic E-state index is 0.0555.